The smallest absolute Gasteiger partial charge is 0.233 e. The summed E-state index contributed by atoms with van der Waals surface area (Å²) >= 11 is 0. The van der Waals surface area contributed by atoms with Crippen molar-refractivity contribution in [2.75, 3.05) is 17.1 Å². The van der Waals surface area contributed by atoms with Gasteiger partial charge in [0.15, 0.2) is 0 Å². The number of aromatic nitrogens is 1. The summed E-state index contributed by atoms with van der Waals surface area (Å²) in [5, 5.41) is 0. The second kappa shape index (κ2) is 7.43. The molecule has 0 N–H and O–H groups in total. The number of pyridine rings is 1. The molecule has 0 bridgehead atoms. The lowest BCUT2D eigenvalue weighted by Gasteiger charge is -2.32. The number of allylic oxidation sites excluding steroid dienone is 1. The van der Waals surface area contributed by atoms with E-state index in [0.717, 1.165) is 40.8 Å². The van der Waals surface area contributed by atoms with Crippen LogP contribution in [0, 0.1) is 5.82 Å². The van der Waals surface area contributed by atoms with Gasteiger partial charge in [-0.05, 0) is 48.9 Å². The van der Waals surface area contributed by atoms with Gasteiger partial charge in [0.05, 0.1) is 11.9 Å². The van der Waals surface area contributed by atoms with Gasteiger partial charge < -0.3 is 0 Å². The van der Waals surface area contributed by atoms with Crippen molar-refractivity contribution >= 4 is 21.9 Å². The maximum absolute atomic E-state index is 13.5. The molecule has 3 rings (SSSR count). The first-order valence-electron chi connectivity index (χ1n) is 9.17. The van der Waals surface area contributed by atoms with Crippen molar-refractivity contribution in [3.8, 4) is 11.1 Å². The van der Waals surface area contributed by atoms with E-state index in [1.807, 2.05) is 32.9 Å². The highest BCUT2D eigenvalue weighted by Gasteiger charge is 2.30. The van der Waals surface area contributed by atoms with Gasteiger partial charge >= 0.3 is 0 Å². The molecule has 1 aromatic heterocycles. The first-order valence-corrected chi connectivity index (χ1v) is 11.0. The monoisotopic (exact) mass is 388 g/mol. The highest BCUT2D eigenvalue weighted by atomic mass is 32.2. The fourth-order valence-corrected chi connectivity index (χ4v) is 4.56. The molecule has 4 nitrogen and oxygen atoms in total. The number of nitrogens with zero attached hydrogens (tertiary/aromatic N) is 2. The van der Waals surface area contributed by atoms with Gasteiger partial charge in [0.2, 0.25) is 10.0 Å². The number of fused-ring (bicyclic) bond motifs is 1. The molecule has 0 spiro atoms. The number of halogens is 1. The summed E-state index contributed by atoms with van der Waals surface area (Å²) in [5.74, 6) is 0.333. The molecule has 27 heavy (non-hydrogen) atoms. The van der Waals surface area contributed by atoms with Gasteiger partial charge in [0, 0.05) is 17.7 Å². The van der Waals surface area contributed by atoms with Crippen LogP contribution in [-0.2, 0) is 16.4 Å². The Morgan fingerprint density at radius 1 is 1.22 bits per heavy atom. The van der Waals surface area contributed by atoms with Crippen molar-refractivity contribution in [2.24, 2.45) is 0 Å². The largest absolute Gasteiger partial charge is 0.254 e. The first kappa shape index (κ1) is 19.5. The SMILES string of the molecule is C/C=C/c1c(C(C)C)nc2c(c1-c1ccc(F)cc1)CCCN2S(C)(=O)=O. The topological polar surface area (TPSA) is 50.3 Å². The first-order chi connectivity index (χ1) is 12.7. The van der Waals surface area contributed by atoms with E-state index in [-0.39, 0.29) is 11.7 Å². The van der Waals surface area contributed by atoms with Gasteiger partial charge in [-0.15, -0.1) is 0 Å². The van der Waals surface area contributed by atoms with Crippen LogP contribution in [0.15, 0.2) is 30.3 Å². The Morgan fingerprint density at radius 3 is 2.44 bits per heavy atom. The Balaban J connectivity index is 2.41. The Morgan fingerprint density at radius 2 is 1.89 bits per heavy atom. The standard InChI is InChI=1S/C21H25FN2O2S/c1-5-7-17-19(15-9-11-16(22)12-10-15)18-8-6-13-24(27(4,25)26)21(18)23-20(17)14(2)3/h5,7,9-12,14H,6,8,13H2,1-4H3/b7-5+. The zero-order chi connectivity index (χ0) is 19.8. The van der Waals surface area contributed by atoms with E-state index in [0.29, 0.717) is 12.4 Å². The van der Waals surface area contributed by atoms with Crippen molar-refractivity contribution in [1.82, 2.24) is 4.98 Å². The molecule has 0 saturated heterocycles. The predicted molar refractivity (Wildman–Crippen MR) is 109 cm³/mol. The third-order valence-electron chi connectivity index (χ3n) is 4.78. The minimum absolute atomic E-state index is 0.115. The quantitative estimate of drug-likeness (QED) is 0.759. The summed E-state index contributed by atoms with van der Waals surface area (Å²) in [4.78, 5) is 4.80. The van der Waals surface area contributed by atoms with E-state index in [9.17, 15) is 12.8 Å². The average Bonchev–Trinajstić information content (AvgIpc) is 2.60. The lowest BCUT2D eigenvalue weighted by atomic mass is 9.87. The number of anilines is 1. The zero-order valence-corrected chi connectivity index (χ0v) is 17.0. The van der Waals surface area contributed by atoms with E-state index in [1.54, 1.807) is 12.1 Å². The molecule has 0 saturated carbocycles. The highest BCUT2D eigenvalue weighted by Crippen LogP contribution is 2.41. The van der Waals surface area contributed by atoms with Crippen LogP contribution >= 0.6 is 0 Å². The van der Waals surface area contributed by atoms with Crippen molar-refractivity contribution in [3.05, 3.63) is 53.0 Å². The van der Waals surface area contributed by atoms with Crippen LogP contribution in [0.25, 0.3) is 17.2 Å². The highest BCUT2D eigenvalue weighted by molar-refractivity contribution is 7.92. The van der Waals surface area contributed by atoms with Crippen molar-refractivity contribution in [3.63, 3.8) is 0 Å². The summed E-state index contributed by atoms with van der Waals surface area (Å²) in [6.45, 7) is 6.47. The average molecular weight is 389 g/mol. The molecule has 0 unspecified atom stereocenters. The molecule has 0 fully saturated rings. The Hall–Kier alpha value is -2.21. The van der Waals surface area contributed by atoms with E-state index in [1.165, 1.54) is 22.7 Å². The molecule has 6 heteroatoms. The molecule has 2 aromatic rings. The molecule has 1 aliphatic heterocycles. The van der Waals surface area contributed by atoms with Crippen LogP contribution in [0.5, 0.6) is 0 Å². The maximum Gasteiger partial charge on any atom is 0.233 e. The number of hydrogen-bond acceptors (Lipinski definition) is 3. The minimum Gasteiger partial charge on any atom is -0.254 e. The molecule has 0 atom stereocenters. The van der Waals surface area contributed by atoms with Gasteiger partial charge in [-0.25, -0.2) is 17.8 Å². The second-order valence-corrected chi connectivity index (χ2v) is 9.09. The van der Waals surface area contributed by atoms with Crippen LogP contribution in [0.1, 0.15) is 49.9 Å². The van der Waals surface area contributed by atoms with Crippen molar-refractivity contribution in [1.29, 1.82) is 0 Å². The van der Waals surface area contributed by atoms with E-state index < -0.39 is 10.0 Å². The Kier molecular flexibility index (Phi) is 5.38. The lowest BCUT2D eigenvalue weighted by Crippen LogP contribution is -2.36. The fourth-order valence-electron chi connectivity index (χ4n) is 3.64. The number of benzene rings is 1. The summed E-state index contributed by atoms with van der Waals surface area (Å²) in [6, 6.07) is 6.38. The normalized spacial score (nSPS) is 14.8. The summed E-state index contributed by atoms with van der Waals surface area (Å²) in [6.07, 6.45) is 6.66. The van der Waals surface area contributed by atoms with Crippen LogP contribution < -0.4 is 4.31 Å². The van der Waals surface area contributed by atoms with Gasteiger partial charge in [0.25, 0.3) is 0 Å². The third kappa shape index (κ3) is 3.76. The van der Waals surface area contributed by atoms with E-state index >= 15 is 0 Å². The maximum atomic E-state index is 13.5. The molecular formula is C21H25FN2O2S. The Bertz CT molecular complexity index is 980. The summed E-state index contributed by atoms with van der Waals surface area (Å²) in [7, 11) is -3.42. The molecule has 0 radical (unpaired) electrons. The molecule has 0 amide bonds. The molecule has 1 aliphatic rings. The predicted octanol–water partition coefficient (Wildman–Crippen LogP) is 4.76. The zero-order valence-electron chi connectivity index (χ0n) is 16.2. The molecule has 0 aliphatic carbocycles. The van der Waals surface area contributed by atoms with Gasteiger partial charge in [0.1, 0.15) is 11.6 Å². The van der Waals surface area contributed by atoms with Crippen LogP contribution in [-0.4, -0.2) is 26.2 Å². The number of rotatable bonds is 4. The minimum atomic E-state index is -3.42. The van der Waals surface area contributed by atoms with Crippen LogP contribution in [0.2, 0.25) is 0 Å². The van der Waals surface area contributed by atoms with E-state index in [4.69, 9.17) is 4.98 Å². The van der Waals surface area contributed by atoms with Crippen LogP contribution in [0.4, 0.5) is 10.2 Å². The van der Waals surface area contributed by atoms with E-state index in [2.05, 4.69) is 0 Å². The molecule has 144 valence electrons. The molecule has 2 heterocycles. The van der Waals surface area contributed by atoms with Crippen molar-refractivity contribution < 1.29 is 12.8 Å². The Labute approximate surface area is 160 Å². The van der Waals surface area contributed by atoms with Crippen molar-refractivity contribution in [2.45, 2.75) is 39.5 Å². The molecule has 1 aromatic carbocycles. The second-order valence-electron chi connectivity index (χ2n) is 7.19. The fraction of sp³-hybridized carbons (Fsp3) is 0.381. The van der Waals surface area contributed by atoms with Crippen LogP contribution in [0.3, 0.4) is 0 Å². The van der Waals surface area contributed by atoms with Gasteiger partial charge in [-0.3, -0.25) is 4.31 Å². The summed E-state index contributed by atoms with van der Waals surface area (Å²) in [5.41, 5.74) is 4.57. The lowest BCUT2D eigenvalue weighted by molar-refractivity contribution is 0.591. The molecular weight excluding hydrogens is 363 g/mol. The van der Waals surface area contributed by atoms with Gasteiger partial charge in [-0.1, -0.05) is 38.1 Å². The third-order valence-corrected chi connectivity index (χ3v) is 5.94. The summed E-state index contributed by atoms with van der Waals surface area (Å²) < 4.78 is 39.6. The number of hydrogen-bond donors (Lipinski definition) is 0. The van der Waals surface area contributed by atoms with Gasteiger partial charge in [-0.2, -0.15) is 0 Å². The number of sulfonamides is 1.